The molecule has 0 amide bonds. The number of nitriles is 1. The highest BCUT2D eigenvalue weighted by atomic mass is 35.5. The summed E-state index contributed by atoms with van der Waals surface area (Å²) in [5.41, 5.74) is 0.795. The number of hydrogen-bond acceptors (Lipinski definition) is 5. The molecule has 1 N–H and O–H groups in total. The molecule has 0 fully saturated rings. The van der Waals surface area contributed by atoms with Crippen molar-refractivity contribution in [3.05, 3.63) is 63.5 Å². The number of nitrogens with one attached hydrogen (secondary N) is 1. The minimum Gasteiger partial charge on any atom is -0.329 e. The molecule has 0 aliphatic rings. The van der Waals surface area contributed by atoms with Crippen LogP contribution in [0.3, 0.4) is 0 Å². The maximum atomic E-state index is 12.3. The van der Waals surface area contributed by atoms with Gasteiger partial charge in [0.2, 0.25) is 11.7 Å². The van der Waals surface area contributed by atoms with Gasteiger partial charge in [-0.3, -0.25) is 4.79 Å². The summed E-state index contributed by atoms with van der Waals surface area (Å²) in [5.74, 6) is -0.288. The number of ketones is 1. The Morgan fingerprint density at radius 2 is 2.05 bits per heavy atom. The van der Waals surface area contributed by atoms with Gasteiger partial charge >= 0.3 is 0 Å². The molecule has 0 spiro atoms. The molecule has 1 heterocycles. The molecule has 110 valence electrons. The van der Waals surface area contributed by atoms with Crippen LogP contribution in [0.2, 0.25) is 10.2 Å². The number of rotatable bonds is 4. The van der Waals surface area contributed by atoms with Crippen molar-refractivity contribution in [3.8, 4) is 6.07 Å². The Labute approximate surface area is 137 Å². The number of carbonyl (C=O) groups is 1. The molecule has 2 rings (SSSR count). The van der Waals surface area contributed by atoms with Crippen molar-refractivity contribution in [2.75, 3.05) is 5.32 Å². The summed E-state index contributed by atoms with van der Waals surface area (Å²) >= 11 is 11.8. The Morgan fingerprint density at radius 1 is 1.32 bits per heavy atom. The standard InChI is InChI=1S/C15H10Cl2N4O/c1-9-6-13(17)21-15(20-9)19-8-10(7-18)14(22)11-4-2-3-5-12(11)16/h2-6,8H,1H3,(H,19,20,21)/b10-8+. The van der Waals surface area contributed by atoms with Crippen molar-refractivity contribution in [3.63, 3.8) is 0 Å². The predicted octanol–water partition coefficient (Wildman–Crippen LogP) is 3.79. The maximum Gasteiger partial charge on any atom is 0.228 e. The molecule has 2 aromatic rings. The lowest BCUT2D eigenvalue weighted by molar-refractivity contribution is 0.103. The molecule has 1 aromatic carbocycles. The third-order valence-electron chi connectivity index (χ3n) is 2.65. The molecule has 0 aliphatic carbocycles. The first-order chi connectivity index (χ1) is 10.5. The molecule has 0 atom stereocenters. The van der Waals surface area contributed by atoms with Gasteiger partial charge < -0.3 is 5.32 Å². The van der Waals surface area contributed by atoms with Gasteiger partial charge in [-0.25, -0.2) is 9.97 Å². The number of anilines is 1. The SMILES string of the molecule is Cc1cc(Cl)nc(N/C=C(\C#N)C(=O)c2ccccc2Cl)n1. The van der Waals surface area contributed by atoms with E-state index in [-0.39, 0.29) is 27.3 Å². The Bertz CT molecular complexity index is 776. The van der Waals surface area contributed by atoms with E-state index in [9.17, 15) is 4.79 Å². The van der Waals surface area contributed by atoms with Gasteiger partial charge in [-0.1, -0.05) is 35.3 Å². The van der Waals surface area contributed by atoms with Crippen LogP contribution in [0.4, 0.5) is 5.95 Å². The van der Waals surface area contributed by atoms with Gasteiger partial charge in [-0.15, -0.1) is 0 Å². The minimum absolute atomic E-state index is 0.116. The Hall–Kier alpha value is -2.42. The van der Waals surface area contributed by atoms with Crippen molar-refractivity contribution in [1.82, 2.24) is 9.97 Å². The highest BCUT2D eigenvalue weighted by Crippen LogP contribution is 2.18. The van der Waals surface area contributed by atoms with Crippen LogP contribution in [0.25, 0.3) is 0 Å². The molecule has 1 aromatic heterocycles. The molecule has 7 heteroatoms. The number of carbonyl (C=O) groups excluding carboxylic acids is 1. The van der Waals surface area contributed by atoms with E-state index in [0.29, 0.717) is 5.69 Å². The minimum atomic E-state index is -0.487. The Balaban J connectivity index is 2.26. The van der Waals surface area contributed by atoms with E-state index in [4.69, 9.17) is 28.5 Å². The first-order valence-corrected chi connectivity index (χ1v) is 6.94. The molecular formula is C15H10Cl2N4O. The Morgan fingerprint density at radius 3 is 2.68 bits per heavy atom. The van der Waals surface area contributed by atoms with Gasteiger partial charge in [0, 0.05) is 17.5 Å². The highest BCUT2D eigenvalue weighted by molar-refractivity contribution is 6.35. The molecule has 0 bridgehead atoms. The van der Waals surface area contributed by atoms with Crippen LogP contribution in [0.1, 0.15) is 16.1 Å². The summed E-state index contributed by atoms with van der Waals surface area (Å²) in [7, 11) is 0. The lowest BCUT2D eigenvalue weighted by Gasteiger charge is -2.04. The van der Waals surface area contributed by atoms with Crippen molar-refractivity contribution in [2.45, 2.75) is 6.92 Å². The number of aromatic nitrogens is 2. The quantitative estimate of drug-likeness (QED) is 0.398. The highest BCUT2D eigenvalue weighted by Gasteiger charge is 2.15. The Kier molecular flexibility index (Phi) is 5.10. The topological polar surface area (TPSA) is 78.7 Å². The largest absolute Gasteiger partial charge is 0.329 e. The zero-order valence-corrected chi connectivity index (χ0v) is 13.0. The molecule has 0 aliphatic heterocycles. The average molecular weight is 333 g/mol. The van der Waals surface area contributed by atoms with Gasteiger partial charge in [0.1, 0.15) is 16.8 Å². The number of aryl methyl sites for hydroxylation is 1. The fraction of sp³-hybridized carbons (Fsp3) is 0.0667. The smallest absolute Gasteiger partial charge is 0.228 e. The van der Waals surface area contributed by atoms with Crippen LogP contribution in [0.5, 0.6) is 0 Å². The number of hydrogen-bond donors (Lipinski definition) is 1. The van der Waals surface area contributed by atoms with Crippen LogP contribution < -0.4 is 5.32 Å². The molecule has 0 unspecified atom stereocenters. The van der Waals surface area contributed by atoms with Crippen molar-refractivity contribution in [2.24, 2.45) is 0 Å². The van der Waals surface area contributed by atoms with Crippen LogP contribution >= 0.6 is 23.2 Å². The maximum absolute atomic E-state index is 12.3. The second-order valence-electron chi connectivity index (χ2n) is 4.28. The molecule has 0 radical (unpaired) electrons. The molecule has 5 nitrogen and oxygen atoms in total. The number of halogens is 2. The van der Waals surface area contributed by atoms with Gasteiger partial charge in [-0.05, 0) is 25.1 Å². The molecule has 0 saturated heterocycles. The number of Topliss-reactive ketones (excluding diaryl/α,β-unsaturated/α-hetero) is 1. The number of benzene rings is 1. The summed E-state index contributed by atoms with van der Waals surface area (Å²) in [6.07, 6.45) is 1.23. The van der Waals surface area contributed by atoms with Crippen LogP contribution in [0, 0.1) is 18.3 Å². The van der Waals surface area contributed by atoms with E-state index < -0.39 is 5.78 Å². The van der Waals surface area contributed by atoms with E-state index in [2.05, 4.69) is 15.3 Å². The van der Waals surface area contributed by atoms with E-state index >= 15 is 0 Å². The van der Waals surface area contributed by atoms with Crippen LogP contribution in [-0.2, 0) is 0 Å². The van der Waals surface area contributed by atoms with Crippen LogP contribution in [-0.4, -0.2) is 15.8 Å². The lowest BCUT2D eigenvalue weighted by atomic mass is 10.1. The molecule has 0 saturated carbocycles. The second kappa shape index (κ2) is 7.03. The van der Waals surface area contributed by atoms with Crippen LogP contribution in [0.15, 0.2) is 42.1 Å². The average Bonchev–Trinajstić information content (AvgIpc) is 2.47. The summed E-state index contributed by atoms with van der Waals surface area (Å²) < 4.78 is 0. The zero-order valence-electron chi connectivity index (χ0n) is 11.5. The lowest BCUT2D eigenvalue weighted by Crippen LogP contribution is -2.06. The predicted molar refractivity (Wildman–Crippen MR) is 84.9 cm³/mol. The third kappa shape index (κ3) is 3.82. The first kappa shape index (κ1) is 16.0. The summed E-state index contributed by atoms with van der Waals surface area (Å²) in [4.78, 5) is 20.3. The summed E-state index contributed by atoms with van der Waals surface area (Å²) in [6.45, 7) is 1.75. The van der Waals surface area contributed by atoms with Crippen molar-refractivity contribution < 1.29 is 4.79 Å². The van der Waals surface area contributed by atoms with Crippen molar-refractivity contribution in [1.29, 1.82) is 5.26 Å². The zero-order chi connectivity index (χ0) is 16.1. The second-order valence-corrected chi connectivity index (χ2v) is 5.07. The van der Waals surface area contributed by atoms with E-state index in [1.807, 2.05) is 6.07 Å². The van der Waals surface area contributed by atoms with E-state index in [1.54, 1.807) is 37.3 Å². The van der Waals surface area contributed by atoms with Gasteiger partial charge in [0.25, 0.3) is 0 Å². The normalized spacial score (nSPS) is 10.9. The number of allylic oxidation sites excluding steroid dienone is 1. The summed E-state index contributed by atoms with van der Waals surface area (Å²) in [6, 6.07) is 9.93. The van der Waals surface area contributed by atoms with E-state index in [1.165, 1.54) is 6.20 Å². The van der Waals surface area contributed by atoms with Gasteiger partial charge in [0.15, 0.2) is 0 Å². The molecule has 22 heavy (non-hydrogen) atoms. The molecular weight excluding hydrogens is 323 g/mol. The first-order valence-electron chi connectivity index (χ1n) is 6.18. The van der Waals surface area contributed by atoms with Gasteiger partial charge in [0.05, 0.1) is 5.02 Å². The van der Waals surface area contributed by atoms with Crippen molar-refractivity contribution >= 4 is 34.9 Å². The van der Waals surface area contributed by atoms with E-state index in [0.717, 1.165) is 0 Å². The fourth-order valence-electron chi connectivity index (χ4n) is 1.67. The van der Waals surface area contributed by atoms with Gasteiger partial charge in [-0.2, -0.15) is 5.26 Å². The fourth-order valence-corrected chi connectivity index (χ4v) is 2.13. The number of nitrogens with zero attached hydrogens (tertiary/aromatic N) is 3. The summed E-state index contributed by atoms with van der Waals surface area (Å²) in [5, 5.41) is 12.4. The third-order valence-corrected chi connectivity index (χ3v) is 3.18. The monoisotopic (exact) mass is 332 g/mol.